The van der Waals surface area contributed by atoms with E-state index in [9.17, 15) is 0 Å². The monoisotopic (exact) mass is 154 g/mol. The van der Waals surface area contributed by atoms with Gasteiger partial charge in [0.25, 0.3) is 0 Å². The molecular weight excluding hydrogens is 136 g/mol. The molecule has 0 aromatic carbocycles. The van der Waals surface area contributed by atoms with Crippen molar-refractivity contribution in [3.63, 3.8) is 0 Å². The fourth-order valence-corrected chi connectivity index (χ4v) is 2.19. The van der Waals surface area contributed by atoms with Crippen LogP contribution in [0.1, 0.15) is 40.0 Å². The molecule has 2 aliphatic rings. The van der Waals surface area contributed by atoms with Gasteiger partial charge in [-0.2, -0.15) is 0 Å². The topological polar surface area (TPSA) is 12.5 Å². The fraction of sp³-hybridized carbons (Fsp3) is 1.00. The largest absolute Gasteiger partial charge is 0.370 e. The Hall–Kier alpha value is -0.0400. The third-order valence-electron chi connectivity index (χ3n) is 3.23. The van der Waals surface area contributed by atoms with Crippen LogP contribution in [0.25, 0.3) is 0 Å². The van der Waals surface area contributed by atoms with Gasteiger partial charge in [-0.25, -0.2) is 0 Å². The van der Waals surface area contributed by atoms with Gasteiger partial charge in [-0.05, 0) is 30.6 Å². The highest BCUT2D eigenvalue weighted by molar-refractivity contribution is 4.94. The Kier molecular flexibility index (Phi) is 1.54. The van der Waals surface area contributed by atoms with Gasteiger partial charge in [-0.15, -0.1) is 0 Å². The predicted molar refractivity (Wildman–Crippen MR) is 45.5 cm³/mol. The normalized spacial score (nSPS) is 43.4. The average molecular weight is 154 g/mol. The Balaban J connectivity index is 1.95. The lowest BCUT2D eigenvalue weighted by Crippen LogP contribution is -2.25. The van der Waals surface area contributed by atoms with Crippen molar-refractivity contribution in [2.24, 2.45) is 11.3 Å². The molecule has 64 valence electrons. The van der Waals surface area contributed by atoms with Gasteiger partial charge in [-0.1, -0.05) is 20.8 Å². The lowest BCUT2D eigenvalue weighted by Gasteiger charge is -2.32. The van der Waals surface area contributed by atoms with Crippen LogP contribution in [0.2, 0.25) is 0 Å². The molecule has 1 saturated carbocycles. The first-order valence-corrected chi connectivity index (χ1v) is 4.73. The molecule has 0 amide bonds. The van der Waals surface area contributed by atoms with E-state index in [4.69, 9.17) is 4.74 Å². The maximum atomic E-state index is 5.50. The number of hydrogen-bond acceptors (Lipinski definition) is 1. The summed E-state index contributed by atoms with van der Waals surface area (Å²) >= 11 is 0. The summed E-state index contributed by atoms with van der Waals surface area (Å²) in [5.41, 5.74) is 0.497. The lowest BCUT2D eigenvalue weighted by molar-refractivity contribution is 0.191. The van der Waals surface area contributed by atoms with Crippen molar-refractivity contribution in [3.8, 4) is 0 Å². The van der Waals surface area contributed by atoms with E-state index < -0.39 is 0 Å². The zero-order valence-corrected chi connectivity index (χ0v) is 7.76. The van der Waals surface area contributed by atoms with Gasteiger partial charge in [0.05, 0.1) is 12.2 Å². The Morgan fingerprint density at radius 3 is 2.36 bits per heavy atom. The SMILES string of the molecule is CC(C)(C)[C@@H]1CC[C@H]2O[C@@H]2C1. The molecule has 1 heterocycles. The highest BCUT2D eigenvalue weighted by Gasteiger charge is 2.46. The maximum absolute atomic E-state index is 5.50. The minimum Gasteiger partial charge on any atom is -0.370 e. The third-order valence-corrected chi connectivity index (χ3v) is 3.23. The van der Waals surface area contributed by atoms with Gasteiger partial charge in [0.2, 0.25) is 0 Å². The molecule has 1 saturated heterocycles. The molecule has 0 unspecified atom stereocenters. The summed E-state index contributed by atoms with van der Waals surface area (Å²) < 4.78 is 5.50. The first kappa shape index (κ1) is 7.60. The third kappa shape index (κ3) is 1.44. The Morgan fingerprint density at radius 2 is 1.82 bits per heavy atom. The van der Waals surface area contributed by atoms with Crippen molar-refractivity contribution in [2.45, 2.75) is 52.2 Å². The summed E-state index contributed by atoms with van der Waals surface area (Å²) in [7, 11) is 0. The van der Waals surface area contributed by atoms with Crippen LogP contribution in [0, 0.1) is 11.3 Å². The highest BCUT2D eigenvalue weighted by atomic mass is 16.6. The molecule has 1 nitrogen and oxygen atoms in total. The van der Waals surface area contributed by atoms with E-state index in [0.717, 1.165) is 5.92 Å². The van der Waals surface area contributed by atoms with Crippen molar-refractivity contribution in [1.82, 2.24) is 0 Å². The number of rotatable bonds is 0. The molecule has 2 rings (SSSR count). The Labute approximate surface area is 69.1 Å². The molecular formula is C10H18O. The molecule has 0 radical (unpaired) electrons. The first-order chi connectivity index (χ1) is 5.07. The van der Waals surface area contributed by atoms with E-state index in [1.165, 1.54) is 19.3 Å². The second-order valence-electron chi connectivity index (χ2n) is 5.09. The standard InChI is InChI=1S/C10H18O/c1-10(2,3)7-4-5-8-9(6-7)11-8/h7-9H,4-6H2,1-3H3/t7-,8-,9-/m1/s1. The highest BCUT2D eigenvalue weighted by Crippen LogP contribution is 2.45. The molecule has 0 bridgehead atoms. The maximum Gasteiger partial charge on any atom is 0.0844 e. The van der Waals surface area contributed by atoms with E-state index in [-0.39, 0.29) is 0 Å². The van der Waals surface area contributed by atoms with Crippen molar-refractivity contribution in [3.05, 3.63) is 0 Å². The zero-order valence-electron chi connectivity index (χ0n) is 7.76. The molecule has 2 fully saturated rings. The summed E-state index contributed by atoms with van der Waals surface area (Å²) in [6.07, 6.45) is 5.31. The van der Waals surface area contributed by atoms with Crippen LogP contribution in [0.15, 0.2) is 0 Å². The quantitative estimate of drug-likeness (QED) is 0.489. The second-order valence-corrected chi connectivity index (χ2v) is 5.09. The zero-order chi connectivity index (χ0) is 8.06. The molecule has 11 heavy (non-hydrogen) atoms. The summed E-state index contributed by atoms with van der Waals surface area (Å²) in [6, 6.07) is 0. The molecule has 0 aromatic heterocycles. The number of fused-ring (bicyclic) bond motifs is 1. The van der Waals surface area contributed by atoms with E-state index in [1.807, 2.05) is 0 Å². The summed E-state index contributed by atoms with van der Waals surface area (Å²) in [4.78, 5) is 0. The Bertz CT molecular complexity index is 157. The molecule has 0 aromatic rings. The van der Waals surface area contributed by atoms with Crippen molar-refractivity contribution >= 4 is 0 Å². The van der Waals surface area contributed by atoms with Gasteiger partial charge in [0.15, 0.2) is 0 Å². The van der Waals surface area contributed by atoms with Crippen LogP contribution in [-0.2, 0) is 4.74 Å². The minimum atomic E-state index is 0.497. The first-order valence-electron chi connectivity index (χ1n) is 4.73. The molecule has 0 spiro atoms. The van der Waals surface area contributed by atoms with Crippen LogP contribution in [0.4, 0.5) is 0 Å². The fourth-order valence-electron chi connectivity index (χ4n) is 2.19. The Morgan fingerprint density at radius 1 is 1.09 bits per heavy atom. The van der Waals surface area contributed by atoms with Gasteiger partial charge < -0.3 is 4.74 Å². The van der Waals surface area contributed by atoms with Crippen molar-refractivity contribution in [1.29, 1.82) is 0 Å². The van der Waals surface area contributed by atoms with Gasteiger partial charge in [0.1, 0.15) is 0 Å². The molecule has 3 atom stereocenters. The molecule has 1 heteroatoms. The van der Waals surface area contributed by atoms with E-state index in [1.54, 1.807) is 0 Å². The van der Waals surface area contributed by atoms with E-state index in [2.05, 4.69) is 20.8 Å². The van der Waals surface area contributed by atoms with Crippen LogP contribution in [0.3, 0.4) is 0 Å². The average Bonchev–Trinajstić information content (AvgIpc) is 2.60. The summed E-state index contributed by atoms with van der Waals surface area (Å²) in [5.74, 6) is 0.895. The summed E-state index contributed by atoms with van der Waals surface area (Å²) in [5, 5.41) is 0. The van der Waals surface area contributed by atoms with Gasteiger partial charge in [0, 0.05) is 0 Å². The minimum absolute atomic E-state index is 0.497. The molecule has 1 aliphatic carbocycles. The lowest BCUT2D eigenvalue weighted by atomic mass is 9.72. The van der Waals surface area contributed by atoms with Crippen molar-refractivity contribution < 1.29 is 4.74 Å². The van der Waals surface area contributed by atoms with E-state index in [0.29, 0.717) is 17.6 Å². The van der Waals surface area contributed by atoms with Gasteiger partial charge in [-0.3, -0.25) is 0 Å². The van der Waals surface area contributed by atoms with Crippen LogP contribution in [0.5, 0.6) is 0 Å². The second kappa shape index (κ2) is 2.22. The smallest absolute Gasteiger partial charge is 0.0844 e. The van der Waals surface area contributed by atoms with Crippen LogP contribution >= 0.6 is 0 Å². The van der Waals surface area contributed by atoms with Crippen LogP contribution < -0.4 is 0 Å². The summed E-state index contributed by atoms with van der Waals surface area (Å²) in [6.45, 7) is 7.04. The van der Waals surface area contributed by atoms with Gasteiger partial charge >= 0.3 is 0 Å². The number of hydrogen-bond donors (Lipinski definition) is 0. The molecule has 1 aliphatic heterocycles. The van der Waals surface area contributed by atoms with Crippen molar-refractivity contribution in [2.75, 3.05) is 0 Å². The number of ether oxygens (including phenoxy) is 1. The van der Waals surface area contributed by atoms with E-state index >= 15 is 0 Å². The predicted octanol–water partition coefficient (Wildman–Crippen LogP) is 2.60. The molecule has 0 N–H and O–H groups in total. The van der Waals surface area contributed by atoms with Crippen LogP contribution in [-0.4, -0.2) is 12.2 Å². The number of epoxide rings is 1.